The van der Waals surface area contributed by atoms with Crippen molar-refractivity contribution in [1.29, 1.82) is 0 Å². The Morgan fingerprint density at radius 3 is 2.55 bits per heavy atom. The molecule has 0 saturated carbocycles. The predicted octanol–water partition coefficient (Wildman–Crippen LogP) is 6.02. The van der Waals surface area contributed by atoms with E-state index < -0.39 is 19.7 Å². The molecular formula is C28H30F2N6OSi. The molecule has 0 fully saturated rings. The second-order valence-electron chi connectivity index (χ2n) is 10.5. The van der Waals surface area contributed by atoms with Crippen LogP contribution in [0.4, 0.5) is 14.5 Å². The Labute approximate surface area is 221 Å². The Morgan fingerprint density at radius 2 is 1.79 bits per heavy atom. The third-order valence-electron chi connectivity index (χ3n) is 6.29. The lowest BCUT2D eigenvalue weighted by atomic mass is 10.1. The van der Waals surface area contributed by atoms with Crippen molar-refractivity contribution in [3.05, 3.63) is 90.3 Å². The average molecular weight is 533 g/mol. The number of ether oxygens (including phenoxy) is 1. The SMILES string of the molecule is C[Si](C)(C)CCOCn1cc(Cc2ccccc2)nc1-c1ncn2cc(-c3c(F)ccc(N)c3F)ncc12. The maximum atomic E-state index is 14.6. The fourth-order valence-electron chi connectivity index (χ4n) is 4.19. The lowest BCUT2D eigenvalue weighted by molar-refractivity contribution is 0.0882. The fraction of sp³-hybridized carbons (Fsp3) is 0.250. The van der Waals surface area contributed by atoms with Crippen molar-refractivity contribution in [3.8, 4) is 22.8 Å². The smallest absolute Gasteiger partial charge is 0.163 e. The van der Waals surface area contributed by atoms with E-state index in [4.69, 9.17) is 15.5 Å². The zero-order valence-corrected chi connectivity index (χ0v) is 22.7. The molecule has 3 heterocycles. The molecule has 7 nitrogen and oxygen atoms in total. The van der Waals surface area contributed by atoms with Crippen molar-refractivity contribution in [3.63, 3.8) is 0 Å². The van der Waals surface area contributed by atoms with E-state index in [-0.39, 0.29) is 16.9 Å². The van der Waals surface area contributed by atoms with Gasteiger partial charge >= 0.3 is 0 Å². The van der Waals surface area contributed by atoms with E-state index in [2.05, 4.69) is 41.7 Å². The predicted molar refractivity (Wildman–Crippen MR) is 147 cm³/mol. The maximum Gasteiger partial charge on any atom is 0.163 e. The molecule has 5 rings (SSSR count). The van der Waals surface area contributed by atoms with Crippen molar-refractivity contribution in [2.75, 3.05) is 12.3 Å². The van der Waals surface area contributed by atoms with Gasteiger partial charge in [0.2, 0.25) is 0 Å². The second-order valence-corrected chi connectivity index (χ2v) is 16.1. The highest BCUT2D eigenvalue weighted by Gasteiger charge is 2.20. The van der Waals surface area contributed by atoms with Gasteiger partial charge in [0, 0.05) is 33.5 Å². The number of hydrogen-bond donors (Lipinski definition) is 1. The minimum Gasteiger partial charge on any atom is -0.396 e. The van der Waals surface area contributed by atoms with Gasteiger partial charge in [-0.25, -0.2) is 18.7 Å². The van der Waals surface area contributed by atoms with Gasteiger partial charge in [-0.2, -0.15) is 0 Å². The van der Waals surface area contributed by atoms with Gasteiger partial charge < -0.3 is 19.4 Å². The number of imidazole rings is 2. The summed E-state index contributed by atoms with van der Waals surface area (Å²) in [6, 6.07) is 13.5. The van der Waals surface area contributed by atoms with Crippen molar-refractivity contribution in [1.82, 2.24) is 23.9 Å². The normalized spacial score (nSPS) is 11.9. The molecule has 0 bridgehead atoms. The van der Waals surface area contributed by atoms with Crippen LogP contribution >= 0.6 is 0 Å². The maximum absolute atomic E-state index is 14.6. The number of halogens is 2. The quantitative estimate of drug-likeness (QED) is 0.143. The average Bonchev–Trinajstić information content (AvgIpc) is 3.47. The molecule has 3 aromatic heterocycles. The van der Waals surface area contributed by atoms with Crippen molar-refractivity contribution >= 4 is 19.3 Å². The summed E-state index contributed by atoms with van der Waals surface area (Å²) in [6.07, 6.45) is 7.32. The van der Waals surface area contributed by atoms with Crippen LogP contribution in [0.3, 0.4) is 0 Å². The first-order valence-electron chi connectivity index (χ1n) is 12.4. The summed E-state index contributed by atoms with van der Waals surface area (Å²) in [5.74, 6) is -0.934. The highest BCUT2D eigenvalue weighted by Crippen LogP contribution is 2.30. The lowest BCUT2D eigenvalue weighted by Gasteiger charge is -2.16. The van der Waals surface area contributed by atoms with Gasteiger partial charge in [0.25, 0.3) is 0 Å². The Morgan fingerprint density at radius 1 is 1.00 bits per heavy atom. The molecule has 0 saturated heterocycles. The van der Waals surface area contributed by atoms with Gasteiger partial charge in [-0.1, -0.05) is 50.0 Å². The molecule has 2 aromatic carbocycles. The topological polar surface area (TPSA) is 83.3 Å². The van der Waals surface area contributed by atoms with E-state index in [9.17, 15) is 8.78 Å². The standard InChI is InChI=1S/C28H30F2N6OSi/c1-38(2,3)12-11-37-18-36-15-20(13-19-7-5-4-6-8-19)34-28(36)27-24-14-32-23(16-35(24)17-33-27)25-21(29)9-10-22(31)26(25)30/h4-10,14-17H,11-13,18,31H2,1-3H3. The van der Waals surface area contributed by atoms with Gasteiger partial charge in [-0.15, -0.1) is 0 Å². The lowest BCUT2D eigenvalue weighted by Crippen LogP contribution is -2.22. The zero-order chi connectivity index (χ0) is 26.9. The highest BCUT2D eigenvalue weighted by atomic mass is 28.3. The van der Waals surface area contributed by atoms with Crippen LogP contribution in [-0.4, -0.2) is 38.6 Å². The molecule has 0 spiro atoms. The summed E-state index contributed by atoms with van der Waals surface area (Å²) in [6.45, 7) is 7.96. The number of nitrogens with two attached hydrogens (primary N) is 1. The Hall–Kier alpha value is -3.89. The Balaban J connectivity index is 1.50. The van der Waals surface area contributed by atoms with Crippen molar-refractivity contribution in [2.24, 2.45) is 0 Å². The van der Waals surface area contributed by atoms with Crippen LogP contribution in [0.5, 0.6) is 0 Å². The third-order valence-corrected chi connectivity index (χ3v) is 7.99. The highest BCUT2D eigenvalue weighted by molar-refractivity contribution is 6.76. The zero-order valence-electron chi connectivity index (χ0n) is 21.7. The molecule has 38 heavy (non-hydrogen) atoms. The monoisotopic (exact) mass is 532 g/mol. The van der Waals surface area contributed by atoms with Crippen molar-refractivity contribution < 1.29 is 13.5 Å². The van der Waals surface area contributed by atoms with Gasteiger partial charge in [0.1, 0.15) is 24.6 Å². The number of nitrogens with zero attached hydrogens (tertiary/aromatic N) is 5. The Bertz CT molecular complexity index is 1580. The molecule has 0 amide bonds. The van der Waals surface area contributed by atoms with Crippen LogP contribution in [0.1, 0.15) is 11.3 Å². The number of nitrogen functional groups attached to an aromatic ring is 1. The van der Waals surface area contributed by atoms with E-state index in [0.29, 0.717) is 36.8 Å². The first-order chi connectivity index (χ1) is 18.2. The summed E-state index contributed by atoms with van der Waals surface area (Å²) in [7, 11) is -1.22. The largest absolute Gasteiger partial charge is 0.396 e. The van der Waals surface area contributed by atoms with E-state index in [1.165, 1.54) is 12.3 Å². The molecule has 0 aliphatic rings. The van der Waals surface area contributed by atoms with Crippen LogP contribution in [0.15, 0.2) is 67.4 Å². The second kappa shape index (κ2) is 10.5. The molecular weight excluding hydrogens is 502 g/mol. The van der Waals surface area contributed by atoms with E-state index >= 15 is 0 Å². The van der Waals surface area contributed by atoms with Crippen LogP contribution in [0.2, 0.25) is 25.7 Å². The van der Waals surface area contributed by atoms with Gasteiger partial charge in [0.15, 0.2) is 11.6 Å². The molecule has 0 atom stereocenters. The van der Waals surface area contributed by atoms with Crippen LogP contribution < -0.4 is 5.73 Å². The molecule has 10 heteroatoms. The number of anilines is 1. The summed E-state index contributed by atoms with van der Waals surface area (Å²) in [4.78, 5) is 13.8. The molecule has 196 valence electrons. The summed E-state index contributed by atoms with van der Waals surface area (Å²) >= 11 is 0. The van der Waals surface area contributed by atoms with Gasteiger partial charge in [0.05, 0.1) is 34.4 Å². The summed E-state index contributed by atoms with van der Waals surface area (Å²) in [5.41, 5.74) is 8.65. The minimum absolute atomic E-state index is 0.117. The van der Waals surface area contributed by atoms with E-state index in [1.807, 2.05) is 29.0 Å². The molecule has 0 radical (unpaired) electrons. The fourth-order valence-corrected chi connectivity index (χ4v) is 4.95. The molecule has 0 aliphatic carbocycles. The van der Waals surface area contributed by atoms with Crippen LogP contribution in [0, 0.1) is 11.6 Å². The third kappa shape index (κ3) is 5.51. The molecule has 0 unspecified atom stereocenters. The van der Waals surface area contributed by atoms with E-state index in [0.717, 1.165) is 23.4 Å². The molecule has 2 N–H and O–H groups in total. The van der Waals surface area contributed by atoms with Crippen molar-refractivity contribution in [2.45, 2.75) is 38.8 Å². The van der Waals surface area contributed by atoms with Gasteiger partial charge in [-0.05, 0) is 23.7 Å². The Kier molecular flexibility index (Phi) is 7.09. The number of aromatic nitrogens is 5. The number of hydrogen-bond acceptors (Lipinski definition) is 5. The molecule has 5 aromatic rings. The van der Waals surface area contributed by atoms with Gasteiger partial charge in [-0.3, -0.25) is 4.98 Å². The number of fused-ring (bicyclic) bond motifs is 1. The number of benzene rings is 2. The minimum atomic E-state index is -1.22. The first-order valence-corrected chi connectivity index (χ1v) is 16.1. The number of rotatable bonds is 9. The van der Waals surface area contributed by atoms with Crippen LogP contribution in [0.25, 0.3) is 28.3 Å². The van der Waals surface area contributed by atoms with E-state index in [1.54, 1.807) is 16.9 Å². The van der Waals surface area contributed by atoms with Crippen LogP contribution in [-0.2, 0) is 17.9 Å². The first kappa shape index (κ1) is 25.7. The summed E-state index contributed by atoms with van der Waals surface area (Å²) < 4.78 is 38.8. The summed E-state index contributed by atoms with van der Waals surface area (Å²) in [5, 5.41) is 0. The molecule has 0 aliphatic heterocycles.